The van der Waals surface area contributed by atoms with E-state index in [1.807, 2.05) is 0 Å². The average molecular weight is 488 g/mol. The minimum atomic E-state index is -0.657. The van der Waals surface area contributed by atoms with Crippen molar-refractivity contribution in [3.05, 3.63) is 64.1 Å². The van der Waals surface area contributed by atoms with Crippen LogP contribution in [0.3, 0.4) is 0 Å². The third-order valence-electron chi connectivity index (χ3n) is 4.73. The second-order valence-corrected chi connectivity index (χ2v) is 8.36. The van der Waals surface area contributed by atoms with Gasteiger partial charge in [0.1, 0.15) is 0 Å². The molecule has 1 fully saturated rings. The van der Waals surface area contributed by atoms with Gasteiger partial charge < -0.3 is 14.4 Å². The molecular formula is C23H22BrNO6. The molecule has 2 aromatic carbocycles. The third kappa shape index (κ3) is 5.79. The Kier molecular flexibility index (Phi) is 7.22. The molecule has 8 heteroatoms. The molecule has 1 aliphatic rings. The molecule has 162 valence electrons. The largest absolute Gasteiger partial charge is 0.459 e. The highest BCUT2D eigenvalue weighted by Crippen LogP contribution is 2.26. The molecule has 31 heavy (non-hydrogen) atoms. The van der Waals surface area contributed by atoms with E-state index in [4.69, 9.17) is 9.47 Å². The van der Waals surface area contributed by atoms with Gasteiger partial charge in [-0.3, -0.25) is 14.4 Å². The van der Waals surface area contributed by atoms with Gasteiger partial charge in [0.2, 0.25) is 5.91 Å². The standard InChI is InChI=1S/C23H22BrNO6/c1-14(2)31-23(29)16-5-9-19(10-6-16)25-12-17(11-21(25)27)22(28)30-13-20(26)15-3-7-18(24)8-4-15/h3-10,14,17H,11-13H2,1-2H3. The van der Waals surface area contributed by atoms with Crippen molar-refractivity contribution in [3.8, 4) is 0 Å². The number of hydrogen-bond donors (Lipinski definition) is 0. The number of halogens is 1. The van der Waals surface area contributed by atoms with Gasteiger partial charge in [0.05, 0.1) is 17.6 Å². The minimum absolute atomic E-state index is 0.00243. The number of carbonyl (C=O) groups is 4. The fraction of sp³-hybridized carbons (Fsp3) is 0.304. The van der Waals surface area contributed by atoms with Crippen LogP contribution in [0.5, 0.6) is 0 Å². The van der Waals surface area contributed by atoms with Gasteiger partial charge in [-0.05, 0) is 50.2 Å². The Balaban J connectivity index is 1.56. The lowest BCUT2D eigenvalue weighted by Crippen LogP contribution is -2.27. The molecule has 0 aliphatic carbocycles. The van der Waals surface area contributed by atoms with Crippen LogP contribution in [0.4, 0.5) is 5.69 Å². The molecule has 1 aliphatic heterocycles. The number of anilines is 1. The maximum Gasteiger partial charge on any atom is 0.338 e. The molecule has 2 aromatic rings. The molecule has 3 rings (SSSR count). The molecule has 1 heterocycles. The number of benzene rings is 2. The Morgan fingerprint density at radius 3 is 2.26 bits per heavy atom. The summed E-state index contributed by atoms with van der Waals surface area (Å²) in [5, 5.41) is 0. The maximum absolute atomic E-state index is 12.4. The third-order valence-corrected chi connectivity index (χ3v) is 5.26. The fourth-order valence-electron chi connectivity index (χ4n) is 3.15. The molecule has 0 radical (unpaired) electrons. The minimum Gasteiger partial charge on any atom is -0.459 e. The number of esters is 2. The summed E-state index contributed by atoms with van der Waals surface area (Å²) in [7, 11) is 0. The predicted octanol–water partition coefficient (Wildman–Crippen LogP) is 3.79. The second-order valence-electron chi connectivity index (χ2n) is 7.44. The summed E-state index contributed by atoms with van der Waals surface area (Å²) >= 11 is 3.30. The zero-order chi connectivity index (χ0) is 22.5. The zero-order valence-electron chi connectivity index (χ0n) is 17.2. The summed E-state index contributed by atoms with van der Waals surface area (Å²) in [6, 6.07) is 13.2. The Hall–Kier alpha value is -3.00. The number of amides is 1. The first-order valence-electron chi connectivity index (χ1n) is 9.81. The molecule has 1 saturated heterocycles. The first kappa shape index (κ1) is 22.7. The summed E-state index contributed by atoms with van der Waals surface area (Å²) in [4.78, 5) is 50.4. The van der Waals surface area contributed by atoms with Gasteiger partial charge in [-0.25, -0.2) is 4.79 Å². The van der Waals surface area contributed by atoms with Crippen molar-refractivity contribution in [1.82, 2.24) is 0 Å². The van der Waals surface area contributed by atoms with Crippen LogP contribution in [0.15, 0.2) is 53.0 Å². The Bertz CT molecular complexity index is 984. The average Bonchev–Trinajstić information content (AvgIpc) is 3.13. The number of nitrogens with zero attached hydrogens (tertiary/aromatic N) is 1. The van der Waals surface area contributed by atoms with E-state index in [1.165, 1.54) is 4.90 Å². The highest BCUT2D eigenvalue weighted by atomic mass is 79.9. The number of hydrogen-bond acceptors (Lipinski definition) is 6. The van der Waals surface area contributed by atoms with Crippen molar-refractivity contribution in [3.63, 3.8) is 0 Å². The summed E-state index contributed by atoms with van der Waals surface area (Å²) in [6.07, 6.45) is -0.225. The van der Waals surface area contributed by atoms with Crippen LogP contribution in [0.25, 0.3) is 0 Å². The van der Waals surface area contributed by atoms with Crippen LogP contribution in [0.2, 0.25) is 0 Å². The fourth-order valence-corrected chi connectivity index (χ4v) is 3.41. The molecule has 1 unspecified atom stereocenters. The maximum atomic E-state index is 12.4. The number of carbonyl (C=O) groups excluding carboxylic acids is 4. The summed E-state index contributed by atoms with van der Waals surface area (Å²) < 4.78 is 11.1. The van der Waals surface area contributed by atoms with E-state index < -0.39 is 17.9 Å². The van der Waals surface area contributed by atoms with Crippen LogP contribution in [-0.2, 0) is 19.1 Å². The Morgan fingerprint density at radius 2 is 1.65 bits per heavy atom. The highest BCUT2D eigenvalue weighted by Gasteiger charge is 2.36. The van der Waals surface area contributed by atoms with E-state index in [1.54, 1.807) is 62.4 Å². The summed E-state index contributed by atoms with van der Waals surface area (Å²) in [5.41, 5.74) is 1.40. The van der Waals surface area contributed by atoms with E-state index in [-0.39, 0.29) is 37.4 Å². The summed E-state index contributed by atoms with van der Waals surface area (Å²) in [5.74, 6) is -2.22. The molecule has 0 N–H and O–H groups in total. The van der Waals surface area contributed by atoms with Crippen LogP contribution in [0, 0.1) is 5.92 Å². The van der Waals surface area contributed by atoms with Gasteiger partial charge in [0.15, 0.2) is 12.4 Å². The molecule has 7 nitrogen and oxygen atoms in total. The van der Waals surface area contributed by atoms with Gasteiger partial charge in [-0.1, -0.05) is 28.1 Å². The first-order chi connectivity index (χ1) is 14.7. The van der Waals surface area contributed by atoms with Gasteiger partial charge in [0.25, 0.3) is 0 Å². The zero-order valence-corrected chi connectivity index (χ0v) is 18.8. The highest BCUT2D eigenvalue weighted by molar-refractivity contribution is 9.10. The molecule has 0 bridgehead atoms. The van der Waals surface area contributed by atoms with E-state index >= 15 is 0 Å². The SMILES string of the molecule is CC(C)OC(=O)c1ccc(N2CC(C(=O)OCC(=O)c3ccc(Br)cc3)CC2=O)cc1. The number of ether oxygens (including phenoxy) is 2. The molecule has 0 aromatic heterocycles. The van der Waals surface area contributed by atoms with Crippen molar-refractivity contribution >= 4 is 45.2 Å². The smallest absolute Gasteiger partial charge is 0.338 e. The lowest BCUT2D eigenvalue weighted by Gasteiger charge is -2.17. The van der Waals surface area contributed by atoms with Crippen molar-refractivity contribution in [1.29, 1.82) is 0 Å². The lowest BCUT2D eigenvalue weighted by atomic mass is 10.1. The normalized spacial score (nSPS) is 15.8. The van der Waals surface area contributed by atoms with E-state index in [0.717, 1.165) is 4.47 Å². The molecular weight excluding hydrogens is 466 g/mol. The molecule has 0 saturated carbocycles. The second kappa shape index (κ2) is 9.87. The van der Waals surface area contributed by atoms with Gasteiger partial charge in [-0.15, -0.1) is 0 Å². The topological polar surface area (TPSA) is 90.0 Å². The Morgan fingerprint density at radius 1 is 1.03 bits per heavy atom. The molecule has 1 amide bonds. The number of rotatable bonds is 7. The van der Waals surface area contributed by atoms with Gasteiger partial charge in [-0.2, -0.15) is 0 Å². The quantitative estimate of drug-likeness (QED) is 0.435. The van der Waals surface area contributed by atoms with Crippen LogP contribution in [-0.4, -0.2) is 42.9 Å². The van der Waals surface area contributed by atoms with Crippen molar-refractivity contribution in [2.75, 3.05) is 18.1 Å². The van der Waals surface area contributed by atoms with Crippen LogP contribution >= 0.6 is 15.9 Å². The monoisotopic (exact) mass is 487 g/mol. The van der Waals surface area contributed by atoms with Crippen molar-refractivity contribution < 1.29 is 28.7 Å². The van der Waals surface area contributed by atoms with Crippen molar-refractivity contribution in [2.24, 2.45) is 5.92 Å². The van der Waals surface area contributed by atoms with Gasteiger partial charge in [0, 0.05) is 28.7 Å². The lowest BCUT2D eigenvalue weighted by molar-refractivity contribution is -0.147. The summed E-state index contributed by atoms with van der Waals surface area (Å²) in [6.45, 7) is 3.31. The first-order valence-corrected chi connectivity index (χ1v) is 10.6. The number of ketones is 1. The number of Topliss-reactive ketones (excluding diaryl/α,β-unsaturated/α-hetero) is 1. The van der Waals surface area contributed by atoms with Crippen molar-refractivity contribution in [2.45, 2.75) is 26.4 Å². The molecule has 1 atom stereocenters. The predicted molar refractivity (Wildman–Crippen MR) is 117 cm³/mol. The molecule has 0 spiro atoms. The van der Waals surface area contributed by atoms with E-state index in [9.17, 15) is 19.2 Å². The Labute approximate surface area is 188 Å². The van der Waals surface area contributed by atoms with E-state index in [0.29, 0.717) is 16.8 Å². The van der Waals surface area contributed by atoms with Crippen LogP contribution in [0.1, 0.15) is 41.0 Å². The van der Waals surface area contributed by atoms with Crippen LogP contribution < -0.4 is 4.90 Å². The van der Waals surface area contributed by atoms with Gasteiger partial charge >= 0.3 is 11.9 Å². The van der Waals surface area contributed by atoms with E-state index in [2.05, 4.69) is 15.9 Å².